The van der Waals surface area contributed by atoms with Gasteiger partial charge in [0.1, 0.15) is 0 Å². The van der Waals surface area contributed by atoms with E-state index < -0.39 is 4.92 Å². The number of nitrogens with two attached hydrogens (primary N) is 1. The number of likely N-dealkylation sites (tertiary alicyclic amines) is 1. The van der Waals surface area contributed by atoms with Crippen LogP contribution in [0, 0.1) is 10.1 Å². The van der Waals surface area contributed by atoms with Crippen LogP contribution in [-0.2, 0) is 9.53 Å². The molecule has 22 heavy (non-hydrogen) atoms. The maximum absolute atomic E-state index is 12.2. The molecule has 0 bridgehead atoms. The third kappa shape index (κ3) is 2.82. The van der Waals surface area contributed by atoms with Gasteiger partial charge in [-0.15, -0.1) is 0 Å². The number of nitro groups is 1. The number of carbonyl (C=O) groups excluding carboxylic acids is 1. The van der Waals surface area contributed by atoms with E-state index in [0.29, 0.717) is 13.0 Å². The molecule has 0 aromatic heterocycles. The van der Waals surface area contributed by atoms with Crippen molar-refractivity contribution < 1.29 is 14.5 Å². The highest BCUT2D eigenvalue weighted by Gasteiger charge is 2.40. The Morgan fingerprint density at radius 1 is 1.36 bits per heavy atom. The van der Waals surface area contributed by atoms with Gasteiger partial charge in [-0.3, -0.25) is 14.9 Å². The Kier molecular flexibility index (Phi) is 4.08. The molecule has 7 nitrogen and oxygen atoms in total. The van der Waals surface area contributed by atoms with Gasteiger partial charge in [0, 0.05) is 37.7 Å². The first-order valence-corrected chi connectivity index (χ1v) is 7.47. The summed E-state index contributed by atoms with van der Waals surface area (Å²) in [7, 11) is 0. The minimum Gasteiger partial charge on any atom is -0.376 e. The number of non-ortho nitro benzene ring substituents is 1. The lowest BCUT2D eigenvalue weighted by molar-refractivity contribution is -0.384. The van der Waals surface area contributed by atoms with Gasteiger partial charge in [-0.25, -0.2) is 0 Å². The van der Waals surface area contributed by atoms with Gasteiger partial charge >= 0.3 is 0 Å². The lowest BCUT2D eigenvalue weighted by Gasteiger charge is -2.29. The predicted molar refractivity (Wildman–Crippen MR) is 79.1 cm³/mol. The van der Waals surface area contributed by atoms with Gasteiger partial charge in [0.05, 0.1) is 17.1 Å². The number of benzene rings is 1. The SMILES string of the molecule is NC1CC(=O)N(CC2CCCO2)C1c1ccc([N+](=O)[O-])cc1. The molecule has 2 N–H and O–H groups in total. The van der Waals surface area contributed by atoms with Crippen LogP contribution >= 0.6 is 0 Å². The minimum absolute atomic E-state index is 0.0198. The average molecular weight is 305 g/mol. The van der Waals surface area contributed by atoms with Crippen LogP contribution in [-0.4, -0.2) is 41.0 Å². The summed E-state index contributed by atoms with van der Waals surface area (Å²) in [6, 6.07) is 5.74. The molecule has 0 saturated carbocycles. The molecule has 2 saturated heterocycles. The number of nitro benzene ring substituents is 1. The van der Waals surface area contributed by atoms with Gasteiger partial charge < -0.3 is 15.4 Å². The average Bonchev–Trinajstić information content (AvgIpc) is 3.08. The maximum Gasteiger partial charge on any atom is 0.269 e. The summed E-state index contributed by atoms with van der Waals surface area (Å²) in [6.07, 6.45) is 2.33. The molecule has 1 aromatic carbocycles. The Balaban J connectivity index is 1.81. The number of hydrogen-bond acceptors (Lipinski definition) is 5. The van der Waals surface area contributed by atoms with Crippen LogP contribution in [0.15, 0.2) is 24.3 Å². The molecule has 3 rings (SSSR count). The zero-order valence-electron chi connectivity index (χ0n) is 12.2. The summed E-state index contributed by atoms with van der Waals surface area (Å²) < 4.78 is 5.61. The lowest BCUT2D eigenvalue weighted by Crippen LogP contribution is -2.38. The quantitative estimate of drug-likeness (QED) is 0.669. The van der Waals surface area contributed by atoms with Crippen LogP contribution in [0.2, 0.25) is 0 Å². The third-order valence-electron chi connectivity index (χ3n) is 4.34. The molecule has 3 unspecified atom stereocenters. The second kappa shape index (κ2) is 6.02. The Morgan fingerprint density at radius 2 is 2.09 bits per heavy atom. The van der Waals surface area contributed by atoms with Crippen LogP contribution < -0.4 is 5.73 Å². The number of carbonyl (C=O) groups is 1. The maximum atomic E-state index is 12.2. The molecule has 1 aromatic rings. The highest BCUT2D eigenvalue weighted by molar-refractivity contribution is 5.80. The van der Waals surface area contributed by atoms with Crippen LogP contribution in [0.25, 0.3) is 0 Å². The number of hydrogen-bond donors (Lipinski definition) is 1. The summed E-state index contributed by atoms with van der Waals surface area (Å²) in [6.45, 7) is 1.27. The van der Waals surface area contributed by atoms with E-state index in [1.54, 1.807) is 17.0 Å². The van der Waals surface area contributed by atoms with Crippen LogP contribution in [0.3, 0.4) is 0 Å². The van der Waals surface area contributed by atoms with Crippen LogP contribution in [0.1, 0.15) is 30.9 Å². The Morgan fingerprint density at radius 3 is 2.68 bits per heavy atom. The molecular weight excluding hydrogens is 286 g/mol. The number of amides is 1. The molecule has 0 aliphatic carbocycles. The van der Waals surface area contributed by atoms with Crippen molar-refractivity contribution in [2.24, 2.45) is 5.73 Å². The summed E-state index contributed by atoms with van der Waals surface area (Å²) in [5.41, 5.74) is 7.00. The second-order valence-electron chi connectivity index (χ2n) is 5.84. The standard InChI is InChI=1S/C15H19N3O4/c16-13-8-14(19)17(9-12-2-1-7-22-12)15(13)10-3-5-11(6-4-10)18(20)21/h3-6,12-13,15H,1-2,7-9,16H2. The first-order chi connectivity index (χ1) is 10.6. The highest BCUT2D eigenvalue weighted by atomic mass is 16.6. The van der Waals surface area contributed by atoms with Gasteiger partial charge in [0.25, 0.3) is 5.69 Å². The number of rotatable bonds is 4. The van der Waals surface area contributed by atoms with Gasteiger partial charge in [-0.05, 0) is 18.4 Å². The lowest BCUT2D eigenvalue weighted by atomic mass is 10.00. The summed E-state index contributed by atoms with van der Waals surface area (Å²) in [5, 5.41) is 10.7. The molecule has 118 valence electrons. The largest absolute Gasteiger partial charge is 0.376 e. The molecule has 0 spiro atoms. The molecule has 7 heteroatoms. The molecular formula is C15H19N3O4. The third-order valence-corrected chi connectivity index (χ3v) is 4.34. The number of nitrogens with zero attached hydrogens (tertiary/aromatic N) is 2. The van der Waals surface area contributed by atoms with E-state index in [0.717, 1.165) is 25.0 Å². The van der Waals surface area contributed by atoms with Crippen molar-refractivity contribution in [3.05, 3.63) is 39.9 Å². The van der Waals surface area contributed by atoms with Crippen molar-refractivity contribution in [3.63, 3.8) is 0 Å². The molecule has 3 atom stereocenters. The molecule has 0 radical (unpaired) electrons. The summed E-state index contributed by atoms with van der Waals surface area (Å²) >= 11 is 0. The number of ether oxygens (including phenoxy) is 1. The first-order valence-electron chi connectivity index (χ1n) is 7.47. The molecule has 2 fully saturated rings. The van der Waals surface area contributed by atoms with E-state index in [4.69, 9.17) is 10.5 Å². The van der Waals surface area contributed by atoms with E-state index in [-0.39, 0.29) is 29.8 Å². The second-order valence-corrected chi connectivity index (χ2v) is 5.84. The van der Waals surface area contributed by atoms with Crippen molar-refractivity contribution in [1.29, 1.82) is 0 Å². The molecule has 1 amide bonds. The van der Waals surface area contributed by atoms with Gasteiger partial charge in [0.15, 0.2) is 0 Å². The topological polar surface area (TPSA) is 98.7 Å². The fourth-order valence-electron chi connectivity index (χ4n) is 3.26. The Labute approximate surface area is 128 Å². The highest BCUT2D eigenvalue weighted by Crippen LogP contribution is 2.34. The normalized spacial score (nSPS) is 28.3. The molecule has 2 aliphatic rings. The van der Waals surface area contributed by atoms with Crippen molar-refractivity contribution in [2.45, 2.75) is 37.5 Å². The van der Waals surface area contributed by atoms with E-state index in [1.165, 1.54) is 12.1 Å². The smallest absolute Gasteiger partial charge is 0.269 e. The van der Waals surface area contributed by atoms with Crippen molar-refractivity contribution in [1.82, 2.24) is 4.90 Å². The fraction of sp³-hybridized carbons (Fsp3) is 0.533. The molecule has 2 heterocycles. The van der Waals surface area contributed by atoms with E-state index in [2.05, 4.69) is 0 Å². The first kappa shape index (κ1) is 14.9. The van der Waals surface area contributed by atoms with E-state index in [9.17, 15) is 14.9 Å². The minimum atomic E-state index is -0.437. The predicted octanol–water partition coefficient (Wildman–Crippen LogP) is 1.37. The van der Waals surface area contributed by atoms with Crippen molar-refractivity contribution >= 4 is 11.6 Å². The summed E-state index contributed by atoms with van der Waals surface area (Å²) in [4.78, 5) is 24.3. The Bertz CT molecular complexity index is 569. The van der Waals surface area contributed by atoms with Crippen molar-refractivity contribution in [3.8, 4) is 0 Å². The zero-order chi connectivity index (χ0) is 15.7. The zero-order valence-corrected chi connectivity index (χ0v) is 12.2. The van der Waals surface area contributed by atoms with Gasteiger partial charge in [-0.2, -0.15) is 0 Å². The van der Waals surface area contributed by atoms with E-state index >= 15 is 0 Å². The van der Waals surface area contributed by atoms with Crippen molar-refractivity contribution in [2.75, 3.05) is 13.2 Å². The summed E-state index contributed by atoms with van der Waals surface area (Å²) in [5.74, 6) is 0.0198. The van der Waals surface area contributed by atoms with Crippen LogP contribution in [0.4, 0.5) is 5.69 Å². The van der Waals surface area contributed by atoms with Crippen LogP contribution in [0.5, 0.6) is 0 Å². The monoisotopic (exact) mass is 305 g/mol. The van der Waals surface area contributed by atoms with E-state index in [1.807, 2.05) is 0 Å². The molecule has 2 aliphatic heterocycles. The fourth-order valence-corrected chi connectivity index (χ4v) is 3.26. The van der Waals surface area contributed by atoms with Gasteiger partial charge in [-0.1, -0.05) is 12.1 Å². The van der Waals surface area contributed by atoms with Gasteiger partial charge in [0.2, 0.25) is 5.91 Å². The Hall–Kier alpha value is -1.99.